The van der Waals surface area contributed by atoms with Gasteiger partial charge in [0.2, 0.25) is 0 Å². The molecule has 1 heterocycles. The third kappa shape index (κ3) is 2.84. The number of esters is 1. The molecule has 2 aromatic rings. The van der Waals surface area contributed by atoms with Gasteiger partial charge in [0.05, 0.1) is 12.2 Å². The summed E-state index contributed by atoms with van der Waals surface area (Å²) in [5, 5.41) is 0. The first-order valence-electron chi connectivity index (χ1n) is 7.72. The van der Waals surface area contributed by atoms with Crippen molar-refractivity contribution in [1.29, 1.82) is 0 Å². The molecule has 0 spiro atoms. The lowest BCUT2D eigenvalue weighted by atomic mass is 10.1. The van der Waals surface area contributed by atoms with Gasteiger partial charge in [0.25, 0.3) is 0 Å². The molecule has 4 rings (SSSR count). The summed E-state index contributed by atoms with van der Waals surface area (Å²) in [6.07, 6.45) is 4.67. The average Bonchev–Trinajstić information content (AvgIpc) is 3.45. The fourth-order valence-electron chi connectivity index (χ4n) is 2.97. The topological polar surface area (TPSA) is 39.4 Å². The molecule has 0 saturated heterocycles. The van der Waals surface area contributed by atoms with Gasteiger partial charge in [-0.2, -0.15) is 0 Å². The highest BCUT2D eigenvalue weighted by Gasteiger charge is 2.48. The van der Waals surface area contributed by atoms with Gasteiger partial charge in [-0.15, -0.1) is 0 Å². The van der Waals surface area contributed by atoms with Crippen molar-refractivity contribution >= 4 is 21.9 Å². The standard InChI is InChI=1S/C18H17BrO3/c19-13-7-5-12(6-8-13)17(11-3-4-11)22-18(20)15-10-14(15)16-2-1-9-21-16/h1-2,5-9,11,14-15,17H,3-4,10H2/t14-,15-,17+/m1/s1. The number of ether oxygens (including phenoxy) is 1. The molecular formula is C18H17BrO3. The van der Waals surface area contributed by atoms with Crippen molar-refractivity contribution in [3.8, 4) is 0 Å². The smallest absolute Gasteiger partial charge is 0.310 e. The first-order valence-corrected chi connectivity index (χ1v) is 8.51. The van der Waals surface area contributed by atoms with E-state index in [0.29, 0.717) is 5.92 Å². The third-order valence-electron chi connectivity index (χ3n) is 4.49. The number of furan rings is 1. The average molecular weight is 361 g/mol. The molecule has 0 aliphatic heterocycles. The quantitative estimate of drug-likeness (QED) is 0.716. The lowest BCUT2D eigenvalue weighted by Crippen LogP contribution is -2.15. The maximum absolute atomic E-state index is 12.4. The molecule has 0 unspecified atom stereocenters. The lowest BCUT2D eigenvalue weighted by Gasteiger charge is -2.18. The number of halogens is 1. The Kier molecular flexibility index (Phi) is 3.57. The third-order valence-corrected chi connectivity index (χ3v) is 5.02. The van der Waals surface area contributed by atoms with Crippen LogP contribution in [-0.4, -0.2) is 5.97 Å². The van der Waals surface area contributed by atoms with E-state index in [-0.39, 0.29) is 23.9 Å². The Bertz CT molecular complexity index is 658. The van der Waals surface area contributed by atoms with E-state index in [2.05, 4.69) is 15.9 Å². The second-order valence-electron chi connectivity index (χ2n) is 6.21. The maximum Gasteiger partial charge on any atom is 0.310 e. The second-order valence-corrected chi connectivity index (χ2v) is 7.13. The molecule has 0 radical (unpaired) electrons. The van der Waals surface area contributed by atoms with Gasteiger partial charge >= 0.3 is 5.97 Å². The van der Waals surface area contributed by atoms with Gasteiger partial charge in [0.1, 0.15) is 11.9 Å². The summed E-state index contributed by atoms with van der Waals surface area (Å²) < 4.78 is 12.3. The normalized spacial score (nSPS) is 24.8. The fraction of sp³-hybridized carbons (Fsp3) is 0.389. The summed E-state index contributed by atoms with van der Waals surface area (Å²) in [4.78, 5) is 12.4. The van der Waals surface area contributed by atoms with Crippen molar-refractivity contribution in [2.24, 2.45) is 11.8 Å². The monoisotopic (exact) mass is 360 g/mol. The zero-order chi connectivity index (χ0) is 15.1. The number of hydrogen-bond acceptors (Lipinski definition) is 3. The fourth-order valence-corrected chi connectivity index (χ4v) is 3.24. The maximum atomic E-state index is 12.4. The molecule has 114 valence electrons. The Morgan fingerprint density at radius 3 is 2.64 bits per heavy atom. The Morgan fingerprint density at radius 2 is 2.00 bits per heavy atom. The minimum Gasteiger partial charge on any atom is -0.469 e. The van der Waals surface area contributed by atoms with Crippen molar-refractivity contribution in [2.75, 3.05) is 0 Å². The zero-order valence-corrected chi connectivity index (χ0v) is 13.7. The highest BCUT2D eigenvalue weighted by molar-refractivity contribution is 9.10. The van der Waals surface area contributed by atoms with Gasteiger partial charge in [0.15, 0.2) is 0 Å². The molecule has 1 aromatic carbocycles. The molecule has 2 saturated carbocycles. The Labute approximate surface area is 137 Å². The molecule has 2 fully saturated rings. The predicted molar refractivity (Wildman–Crippen MR) is 85.3 cm³/mol. The lowest BCUT2D eigenvalue weighted by molar-refractivity contribution is -0.152. The van der Waals surface area contributed by atoms with E-state index in [9.17, 15) is 4.79 Å². The molecule has 22 heavy (non-hydrogen) atoms. The molecule has 4 heteroatoms. The van der Waals surface area contributed by atoms with Crippen LogP contribution < -0.4 is 0 Å². The summed E-state index contributed by atoms with van der Waals surface area (Å²) in [7, 11) is 0. The van der Waals surface area contributed by atoms with Gasteiger partial charge in [-0.1, -0.05) is 28.1 Å². The molecule has 2 aliphatic carbocycles. The minimum atomic E-state index is -0.0987. The van der Waals surface area contributed by atoms with E-state index in [4.69, 9.17) is 9.15 Å². The van der Waals surface area contributed by atoms with Crippen LogP contribution in [0.25, 0.3) is 0 Å². The first-order chi connectivity index (χ1) is 10.7. The van der Waals surface area contributed by atoms with Crippen LogP contribution in [-0.2, 0) is 9.53 Å². The van der Waals surface area contributed by atoms with Gasteiger partial charge in [0, 0.05) is 16.3 Å². The van der Waals surface area contributed by atoms with Gasteiger partial charge in [-0.25, -0.2) is 0 Å². The van der Waals surface area contributed by atoms with Crippen molar-refractivity contribution in [1.82, 2.24) is 0 Å². The Morgan fingerprint density at radius 1 is 1.23 bits per heavy atom. The van der Waals surface area contributed by atoms with Gasteiger partial charge < -0.3 is 9.15 Å². The molecule has 3 nitrogen and oxygen atoms in total. The summed E-state index contributed by atoms with van der Waals surface area (Å²) in [5.41, 5.74) is 1.09. The Hall–Kier alpha value is -1.55. The summed E-state index contributed by atoms with van der Waals surface area (Å²) in [6, 6.07) is 11.9. The second kappa shape index (κ2) is 5.58. The molecule has 1 aromatic heterocycles. The summed E-state index contributed by atoms with van der Waals surface area (Å²) in [5.74, 6) is 1.45. The number of hydrogen-bond donors (Lipinski definition) is 0. The van der Waals surface area contributed by atoms with E-state index < -0.39 is 0 Å². The van der Waals surface area contributed by atoms with Gasteiger partial charge in [-0.05, 0) is 49.1 Å². The van der Waals surface area contributed by atoms with E-state index in [1.54, 1.807) is 6.26 Å². The van der Waals surface area contributed by atoms with Crippen LogP contribution in [0.3, 0.4) is 0 Å². The largest absolute Gasteiger partial charge is 0.469 e. The van der Waals surface area contributed by atoms with E-state index >= 15 is 0 Å². The van der Waals surface area contributed by atoms with Gasteiger partial charge in [-0.3, -0.25) is 4.79 Å². The van der Waals surface area contributed by atoms with E-state index in [1.807, 2.05) is 36.4 Å². The molecule has 0 bridgehead atoms. The van der Waals surface area contributed by atoms with Crippen LogP contribution in [0.2, 0.25) is 0 Å². The molecule has 2 aliphatic rings. The SMILES string of the molecule is O=C(O[C@H](c1ccc(Br)cc1)C1CC1)[C@@H]1C[C@H]1c1ccco1. The summed E-state index contributed by atoms with van der Waals surface area (Å²) >= 11 is 3.44. The van der Waals surface area contributed by atoms with E-state index in [0.717, 1.165) is 35.1 Å². The zero-order valence-electron chi connectivity index (χ0n) is 12.1. The number of rotatable bonds is 5. The predicted octanol–water partition coefficient (Wildman–Crippen LogP) is 4.84. The Balaban J connectivity index is 1.44. The van der Waals surface area contributed by atoms with Crippen LogP contribution in [0.1, 0.15) is 42.6 Å². The van der Waals surface area contributed by atoms with Crippen molar-refractivity contribution < 1.29 is 13.9 Å². The van der Waals surface area contributed by atoms with Crippen LogP contribution in [0, 0.1) is 11.8 Å². The van der Waals surface area contributed by atoms with Crippen LogP contribution >= 0.6 is 15.9 Å². The highest BCUT2D eigenvalue weighted by atomic mass is 79.9. The van der Waals surface area contributed by atoms with Crippen molar-refractivity contribution in [3.05, 3.63) is 58.5 Å². The van der Waals surface area contributed by atoms with Crippen molar-refractivity contribution in [2.45, 2.75) is 31.3 Å². The van der Waals surface area contributed by atoms with Crippen LogP contribution in [0.5, 0.6) is 0 Å². The molecule has 0 amide bonds. The first kappa shape index (κ1) is 14.1. The molecule has 0 N–H and O–H groups in total. The van der Waals surface area contributed by atoms with Crippen LogP contribution in [0.4, 0.5) is 0 Å². The van der Waals surface area contributed by atoms with E-state index in [1.165, 1.54) is 0 Å². The number of benzene rings is 1. The minimum absolute atomic E-state index is 0.0390. The molecular weight excluding hydrogens is 344 g/mol. The number of carbonyl (C=O) groups is 1. The summed E-state index contributed by atoms with van der Waals surface area (Å²) in [6.45, 7) is 0. The number of carbonyl (C=O) groups excluding carboxylic acids is 1. The highest BCUT2D eigenvalue weighted by Crippen LogP contribution is 2.50. The van der Waals surface area contributed by atoms with Crippen molar-refractivity contribution in [3.63, 3.8) is 0 Å². The molecule has 3 atom stereocenters. The van der Waals surface area contributed by atoms with Crippen LogP contribution in [0.15, 0.2) is 51.6 Å².